The summed E-state index contributed by atoms with van der Waals surface area (Å²) in [7, 11) is 2.11. The molecule has 15 heavy (non-hydrogen) atoms. The van der Waals surface area contributed by atoms with E-state index in [1.807, 2.05) is 6.07 Å². The van der Waals surface area contributed by atoms with Crippen molar-refractivity contribution in [1.29, 1.82) is 0 Å². The Hall–Kier alpha value is -0.890. The second kappa shape index (κ2) is 3.93. The molecule has 0 fully saturated rings. The van der Waals surface area contributed by atoms with Gasteiger partial charge in [-0.3, -0.25) is 0 Å². The normalized spacial score (nSPS) is 16.9. The van der Waals surface area contributed by atoms with Crippen molar-refractivity contribution < 1.29 is 4.39 Å². The molecule has 0 unspecified atom stereocenters. The van der Waals surface area contributed by atoms with Gasteiger partial charge >= 0.3 is 0 Å². The molecule has 1 nitrogen and oxygen atoms in total. The van der Waals surface area contributed by atoms with Crippen LogP contribution in [-0.4, -0.2) is 18.5 Å². The Morgan fingerprint density at radius 1 is 1.33 bits per heavy atom. The van der Waals surface area contributed by atoms with E-state index < -0.39 is 0 Å². The van der Waals surface area contributed by atoms with E-state index in [9.17, 15) is 4.39 Å². The fourth-order valence-electron chi connectivity index (χ4n) is 2.42. The van der Waals surface area contributed by atoms with E-state index >= 15 is 0 Å². The molecule has 82 valence electrons. The molecule has 0 aromatic heterocycles. The van der Waals surface area contributed by atoms with Gasteiger partial charge in [-0.25, -0.2) is 4.39 Å². The van der Waals surface area contributed by atoms with Gasteiger partial charge in [0.2, 0.25) is 0 Å². The van der Waals surface area contributed by atoms with Gasteiger partial charge in [-0.1, -0.05) is 19.9 Å². The van der Waals surface area contributed by atoms with Gasteiger partial charge in [0.1, 0.15) is 5.82 Å². The Balaban J connectivity index is 2.50. The van der Waals surface area contributed by atoms with E-state index in [0.717, 1.165) is 25.1 Å². The van der Waals surface area contributed by atoms with Crippen LogP contribution < -0.4 is 0 Å². The SMILES string of the molecule is CC(C)c1c(F)ccc2c1CCN(C)C2. The van der Waals surface area contributed by atoms with Crippen LogP contribution in [0.1, 0.15) is 36.5 Å². The highest BCUT2D eigenvalue weighted by molar-refractivity contribution is 5.39. The molecule has 0 N–H and O–H groups in total. The third-order valence-corrected chi connectivity index (χ3v) is 3.16. The van der Waals surface area contributed by atoms with Gasteiger partial charge < -0.3 is 4.90 Å². The third kappa shape index (κ3) is 1.91. The highest BCUT2D eigenvalue weighted by Gasteiger charge is 2.20. The van der Waals surface area contributed by atoms with E-state index in [4.69, 9.17) is 0 Å². The van der Waals surface area contributed by atoms with E-state index in [2.05, 4.69) is 25.8 Å². The summed E-state index contributed by atoms with van der Waals surface area (Å²) in [5, 5.41) is 0. The average molecular weight is 207 g/mol. The molecular formula is C13H18FN. The standard InChI is InChI=1S/C13H18FN/c1-9(2)13-11-6-7-15(3)8-10(11)4-5-12(13)14/h4-5,9H,6-8H2,1-3H3. The molecule has 0 radical (unpaired) electrons. The summed E-state index contributed by atoms with van der Waals surface area (Å²) in [6.45, 7) is 6.12. The number of halogens is 1. The molecule has 1 aliphatic heterocycles. The number of fused-ring (bicyclic) bond motifs is 1. The number of hydrogen-bond acceptors (Lipinski definition) is 1. The summed E-state index contributed by atoms with van der Waals surface area (Å²) in [5.74, 6) is 0.247. The molecule has 1 heterocycles. The molecule has 2 rings (SSSR count). The molecule has 1 aromatic carbocycles. The van der Waals surface area contributed by atoms with Gasteiger partial charge in [-0.2, -0.15) is 0 Å². The van der Waals surface area contributed by atoms with Gasteiger partial charge in [-0.15, -0.1) is 0 Å². The van der Waals surface area contributed by atoms with Gasteiger partial charge in [0.05, 0.1) is 0 Å². The lowest BCUT2D eigenvalue weighted by Gasteiger charge is -2.28. The van der Waals surface area contributed by atoms with Crippen LogP contribution in [0.3, 0.4) is 0 Å². The summed E-state index contributed by atoms with van der Waals surface area (Å²) in [5.41, 5.74) is 3.48. The van der Waals surface area contributed by atoms with Crippen molar-refractivity contribution in [3.63, 3.8) is 0 Å². The van der Waals surface area contributed by atoms with Crippen LogP contribution in [0.25, 0.3) is 0 Å². The van der Waals surface area contributed by atoms with E-state index in [1.54, 1.807) is 6.07 Å². The minimum Gasteiger partial charge on any atom is -0.302 e. The predicted octanol–water partition coefficient (Wildman–Crippen LogP) is 2.94. The predicted molar refractivity (Wildman–Crippen MR) is 60.5 cm³/mol. The maximum atomic E-state index is 13.7. The Bertz CT molecular complexity index is 371. The molecule has 0 atom stereocenters. The minimum absolute atomic E-state index is 0.0340. The Kier molecular flexibility index (Phi) is 2.79. The largest absolute Gasteiger partial charge is 0.302 e. The van der Waals surface area contributed by atoms with Crippen LogP contribution >= 0.6 is 0 Å². The fourth-order valence-corrected chi connectivity index (χ4v) is 2.42. The first-order valence-corrected chi connectivity index (χ1v) is 5.58. The smallest absolute Gasteiger partial charge is 0.126 e. The number of benzene rings is 1. The van der Waals surface area contributed by atoms with Crippen LogP contribution in [0, 0.1) is 5.82 Å². The molecule has 1 aromatic rings. The van der Waals surface area contributed by atoms with Crippen LogP contribution in [0.15, 0.2) is 12.1 Å². The molecule has 1 aliphatic rings. The van der Waals surface area contributed by atoms with Crippen molar-refractivity contribution in [1.82, 2.24) is 4.90 Å². The lowest BCUT2D eigenvalue weighted by atomic mass is 9.89. The second-order valence-electron chi connectivity index (χ2n) is 4.74. The lowest BCUT2D eigenvalue weighted by Crippen LogP contribution is -2.27. The topological polar surface area (TPSA) is 3.24 Å². The number of hydrogen-bond donors (Lipinski definition) is 0. The van der Waals surface area contributed by atoms with Crippen molar-refractivity contribution >= 4 is 0 Å². The average Bonchev–Trinajstić information content (AvgIpc) is 2.17. The molecular weight excluding hydrogens is 189 g/mol. The maximum Gasteiger partial charge on any atom is 0.126 e. The Labute approximate surface area is 90.9 Å². The van der Waals surface area contributed by atoms with Gasteiger partial charge in [0.25, 0.3) is 0 Å². The van der Waals surface area contributed by atoms with Gasteiger partial charge in [-0.05, 0) is 42.1 Å². The molecule has 0 amide bonds. The zero-order valence-electron chi connectivity index (χ0n) is 9.68. The molecule has 0 saturated heterocycles. The highest BCUT2D eigenvalue weighted by Crippen LogP contribution is 2.29. The zero-order chi connectivity index (χ0) is 11.0. The molecule has 0 aliphatic carbocycles. The minimum atomic E-state index is -0.0340. The molecule has 0 spiro atoms. The van der Waals surface area contributed by atoms with Crippen molar-refractivity contribution in [2.75, 3.05) is 13.6 Å². The van der Waals surface area contributed by atoms with Crippen molar-refractivity contribution in [2.45, 2.75) is 32.7 Å². The van der Waals surface area contributed by atoms with E-state index in [-0.39, 0.29) is 11.7 Å². The van der Waals surface area contributed by atoms with Crippen molar-refractivity contribution in [3.8, 4) is 0 Å². The molecule has 2 heteroatoms. The second-order valence-corrected chi connectivity index (χ2v) is 4.74. The van der Waals surface area contributed by atoms with Gasteiger partial charge in [0, 0.05) is 13.1 Å². The maximum absolute atomic E-state index is 13.7. The van der Waals surface area contributed by atoms with Crippen LogP contribution in [-0.2, 0) is 13.0 Å². The van der Waals surface area contributed by atoms with Crippen molar-refractivity contribution in [3.05, 3.63) is 34.6 Å². The van der Waals surface area contributed by atoms with Gasteiger partial charge in [0.15, 0.2) is 0 Å². The zero-order valence-corrected chi connectivity index (χ0v) is 9.68. The monoisotopic (exact) mass is 207 g/mol. The number of nitrogens with zero attached hydrogens (tertiary/aromatic N) is 1. The van der Waals surface area contributed by atoms with Crippen LogP contribution in [0.4, 0.5) is 4.39 Å². The summed E-state index contributed by atoms with van der Waals surface area (Å²) < 4.78 is 13.7. The van der Waals surface area contributed by atoms with E-state index in [1.165, 1.54) is 11.1 Å². The first-order chi connectivity index (χ1) is 7.09. The number of likely N-dealkylation sites (N-methyl/N-ethyl adjacent to an activating group) is 1. The summed E-state index contributed by atoms with van der Waals surface area (Å²) in [4.78, 5) is 2.28. The summed E-state index contributed by atoms with van der Waals surface area (Å²) in [6, 6.07) is 3.56. The highest BCUT2D eigenvalue weighted by atomic mass is 19.1. The first-order valence-electron chi connectivity index (χ1n) is 5.58. The van der Waals surface area contributed by atoms with E-state index in [0.29, 0.717) is 0 Å². The van der Waals surface area contributed by atoms with Crippen LogP contribution in [0.2, 0.25) is 0 Å². The van der Waals surface area contributed by atoms with Crippen LogP contribution in [0.5, 0.6) is 0 Å². The first kappa shape index (κ1) is 10.6. The Morgan fingerprint density at radius 2 is 2.07 bits per heavy atom. The Morgan fingerprint density at radius 3 is 2.73 bits per heavy atom. The summed E-state index contributed by atoms with van der Waals surface area (Å²) in [6.07, 6.45) is 0.983. The van der Waals surface area contributed by atoms with Crippen molar-refractivity contribution in [2.24, 2.45) is 0 Å². The summed E-state index contributed by atoms with van der Waals surface area (Å²) >= 11 is 0. The fraction of sp³-hybridized carbons (Fsp3) is 0.538. The lowest BCUT2D eigenvalue weighted by molar-refractivity contribution is 0.311. The number of rotatable bonds is 1. The quantitative estimate of drug-likeness (QED) is 0.684. The molecule has 0 bridgehead atoms. The third-order valence-electron chi connectivity index (χ3n) is 3.16. The molecule has 0 saturated carbocycles.